The quantitative estimate of drug-likeness (QED) is 0.802. The van der Waals surface area contributed by atoms with Crippen LogP contribution in [0.25, 0.3) is 0 Å². The van der Waals surface area contributed by atoms with Crippen molar-refractivity contribution in [2.45, 2.75) is 26.7 Å². The van der Waals surface area contributed by atoms with Crippen molar-refractivity contribution in [3.63, 3.8) is 0 Å². The fourth-order valence-corrected chi connectivity index (χ4v) is 2.09. The molecule has 0 atom stereocenters. The third-order valence-electron chi connectivity index (χ3n) is 2.41. The number of aromatic nitrogens is 1. The van der Waals surface area contributed by atoms with Crippen molar-refractivity contribution in [1.82, 2.24) is 4.98 Å². The molecule has 1 rings (SSSR count). The number of nitrogens with one attached hydrogen (secondary N) is 1. The lowest BCUT2D eigenvalue weighted by Gasteiger charge is -2.10. The normalized spacial score (nSPS) is 9.88. The molecule has 5 heteroatoms. The van der Waals surface area contributed by atoms with E-state index in [1.165, 1.54) is 11.3 Å². The highest BCUT2D eigenvalue weighted by atomic mass is 32.1. The van der Waals surface area contributed by atoms with Gasteiger partial charge in [-0.15, -0.1) is 0 Å². The zero-order chi connectivity index (χ0) is 12.7. The van der Waals surface area contributed by atoms with Gasteiger partial charge in [0.1, 0.15) is 0 Å². The molecule has 1 aromatic heterocycles. The van der Waals surface area contributed by atoms with Crippen LogP contribution < -0.4 is 11.1 Å². The van der Waals surface area contributed by atoms with Gasteiger partial charge in [0.25, 0.3) is 0 Å². The molecule has 4 nitrogen and oxygen atoms in total. The van der Waals surface area contributed by atoms with E-state index < -0.39 is 0 Å². The van der Waals surface area contributed by atoms with E-state index in [2.05, 4.69) is 22.1 Å². The predicted molar refractivity (Wildman–Crippen MR) is 70.7 cm³/mol. The summed E-state index contributed by atoms with van der Waals surface area (Å²) in [6.45, 7) is 4.34. The summed E-state index contributed by atoms with van der Waals surface area (Å²) in [5.41, 5.74) is 5.28. The molecule has 3 N–H and O–H groups in total. The molecule has 0 spiro atoms. The minimum absolute atomic E-state index is 0.0303. The molecule has 0 aliphatic carbocycles. The molecule has 1 heterocycles. The predicted octanol–water partition coefficient (Wildman–Crippen LogP) is 1.83. The maximum atomic E-state index is 11.8. The number of nitrogens with two attached hydrogens (primary N) is 1. The van der Waals surface area contributed by atoms with Crippen LogP contribution in [-0.2, 0) is 4.79 Å². The molecular formula is C12H17N3OS. The number of nitrogens with zero attached hydrogens (tertiary/aromatic N) is 1. The first kappa shape index (κ1) is 13.7. The minimum atomic E-state index is 0.0303. The van der Waals surface area contributed by atoms with Crippen LogP contribution in [0.5, 0.6) is 0 Å². The van der Waals surface area contributed by atoms with Gasteiger partial charge in [-0.2, -0.15) is 0 Å². The van der Waals surface area contributed by atoms with Gasteiger partial charge in [0.2, 0.25) is 5.91 Å². The average Bonchev–Trinajstić information content (AvgIpc) is 2.75. The van der Waals surface area contributed by atoms with Crippen molar-refractivity contribution in [2.75, 3.05) is 11.9 Å². The number of anilines is 1. The summed E-state index contributed by atoms with van der Waals surface area (Å²) in [6, 6.07) is 0. The van der Waals surface area contributed by atoms with Crippen molar-refractivity contribution in [3.8, 4) is 11.8 Å². The summed E-state index contributed by atoms with van der Waals surface area (Å²) in [5, 5.41) is 3.41. The molecule has 0 unspecified atom stereocenters. The van der Waals surface area contributed by atoms with Crippen molar-refractivity contribution >= 4 is 22.4 Å². The standard InChI is InChI=1S/C12H17N3OS/c1-3-9(4-2)11(16)15-12-14-8-10(17-12)6-5-7-13/h8-9H,3-4,7,13H2,1-2H3,(H,14,15,16). The van der Waals surface area contributed by atoms with Crippen LogP contribution >= 0.6 is 11.3 Å². The molecule has 1 aromatic rings. The lowest BCUT2D eigenvalue weighted by Crippen LogP contribution is -2.21. The Hall–Kier alpha value is -1.38. The second kappa shape index (κ2) is 7.05. The Balaban J connectivity index is 2.63. The van der Waals surface area contributed by atoms with Gasteiger partial charge in [-0.1, -0.05) is 37.0 Å². The maximum absolute atomic E-state index is 11.8. The van der Waals surface area contributed by atoms with Crippen LogP contribution in [0.2, 0.25) is 0 Å². The first-order valence-corrected chi connectivity index (χ1v) is 6.48. The summed E-state index contributed by atoms with van der Waals surface area (Å²) >= 11 is 1.37. The van der Waals surface area contributed by atoms with E-state index >= 15 is 0 Å². The highest BCUT2D eigenvalue weighted by Gasteiger charge is 2.15. The second-order valence-corrected chi connectivity index (χ2v) is 4.57. The Morgan fingerprint density at radius 2 is 2.29 bits per heavy atom. The monoisotopic (exact) mass is 251 g/mol. The number of hydrogen-bond donors (Lipinski definition) is 2. The van der Waals surface area contributed by atoms with E-state index in [1.807, 2.05) is 13.8 Å². The number of thiazole rings is 1. The molecule has 17 heavy (non-hydrogen) atoms. The van der Waals surface area contributed by atoms with Crippen molar-refractivity contribution < 1.29 is 4.79 Å². The second-order valence-electron chi connectivity index (χ2n) is 3.54. The SMILES string of the molecule is CCC(CC)C(=O)Nc1ncc(C#CCN)s1. The first-order valence-electron chi connectivity index (χ1n) is 5.66. The van der Waals surface area contributed by atoms with E-state index in [-0.39, 0.29) is 11.8 Å². The molecule has 1 amide bonds. The highest BCUT2D eigenvalue weighted by Crippen LogP contribution is 2.19. The summed E-state index contributed by atoms with van der Waals surface area (Å²) < 4.78 is 0. The molecule has 0 saturated heterocycles. The zero-order valence-corrected chi connectivity index (χ0v) is 10.9. The van der Waals surface area contributed by atoms with Crippen LogP contribution in [0, 0.1) is 17.8 Å². The third-order valence-corrected chi connectivity index (χ3v) is 3.23. The van der Waals surface area contributed by atoms with Gasteiger partial charge in [-0.05, 0) is 12.8 Å². The maximum Gasteiger partial charge on any atom is 0.229 e. The Morgan fingerprint density at radius 1 is 1.59 bits per heavy atom. The van der Waals surface area contributed by atoms with Crippen LogP contribution in [0.15, 0.2) is 6.20 Å². The van der Waals surface area contributed by atoms with E-state index in [0.29, 0.717) is 11.7 Å². The van der Waals surface area contributed by atoms with Crippen molar-refractivity contribution in [3.05, 3.63) is 11.1 Å². The fraction of sp³-hybridized carbons (Fsp3) is 0.500. The average molecular weight is 251 g/mol. The summed E-state index contributed by atoms with van der Waals surface area (Å²) in [6.07, 6.45) is 3.33. The fourth-order valence-electron chi connectivity index (χ4n) is 1.39. The molecule has 0 fully saturated rings. The largest absolute Gasteiger partial charge is 0.320 e. The van der Waals surface area contributed by atoms with Crippen LogP contribution in [-0.4, -0.2) is 17.4 Å². The Kier molecular flexibility index (Phi) is 5.67. The molecule has 0 radical (unpaired) electrons. The van der Waals surface area contributed by atoms with Gasteiger partial charge in [0, 0.05) is 5.92 Å². The van der Waals surface area contributed by atoms with Gasteiger partial charge in [-0.3, -0.25) is 4.79 Å². The number of carbonyl (C=O) groups is 1. The zero-order valence-electron chi connectivity index (χ0n) is 10.1. The molecule has 0 bridgehead atoms. The van der Waals surface area contributed by atoms with Crippen LogP contribution in [0.1, 0.15) is 31.6 Å². The minimum Gasteiger partial charge on any atom is -0.320 e. The summed E-state index contributed by atoms with van der Waals surface area (Å²) in [7, 11) is 0. The molecule has 0 aliphatic heterocycles. The van der Waals surface area contributed by atoms with Gasteiger partial charge < -0.3 is 11.1 Å². The third kappa shape index (κ3) is 4.17. The van der Waals surface area contributed by atoms with E-state index in [4.69, 9.17) is 5.73 Å². The van der Waals surface area contributed by atoms with Gasteiger partial charge >= 0.3 is 0 Å². The topological polar surface area (TPSA) is 68.0 Å². The van der Waals surface area contributed by atoms with Gasteiger partial charge in [0.15, 0.2) is 5.13 Å². The Morgan fingerprint density at radius 3 is 2.88 bits per heavy atom. The van der Waals surface area contributed by atoms with E-state index in [1.54, 1.807) is 6.20 Å². The highest BCUT2D eigenvalue weighted by molar-refractivity contribution is 7.16. The molecular weight excluding hydrogens is 234 g/mol. The molecule has 92 valence electrons. The summed E-state index contributed by atoms with van der Waals surface area (Å²) in [4.78, 5) is 16.7. The van der Waals surface area contributed by atoms with Gasteiger partial charge in [-0.25, -0.2) is 4.98 Å². The summed E-state index contributed by atoms with van der Waals surface area (Å²) in [5.74, 6) is 5.72. The molecule has 0 saturated carbocycles. The number of rotatable bonds is 4. The Bertz CT molecular complexity index is 426. The van der Waals surface area contributed by atoms with E-state index in [9.17, 15) is 4.79 Å². The molecule has 0 aromatic carbocycles. The number of hydrogen-bond acceptors (Lipinski definition) is 4. The number of amides is 1. The smallest absolute Gasteiger partial charge is 0.229 e. The van der Waals surface area contributed by atoms with Gasteiger partial charge in [0.05, 0.1) is 17.6 Å². The molecule has 0 aliphatic rings. The van der Waals surface area contributed by atoms with Crippen LogP contribution in [0.4, 0.5) is 5.13 Å². The first-order chi connectivity index (χ1) is 8.21. The lowest BCUT2D eigenvalue weighted by atomic mass is 10.0. The van der Waals surface area contributed by atoms with Crippen LogP contribution in [0.3, 0.4) is 0 Å². The van der Waals surface area contributed by atoms with Crippen molar-refractivity contribution in [2.24, 2.45) is 11.7 Å². The lowest BCUT2D eigenvalue weighted by molar-refractivity contribution is -0.120. The van der Waals surface area contributed by atoms with E-state index in [0.717, 1.165) is 17.7 Å². The van der Waals surface area contributed by atoms with Crippen molar-refractivity contribution in [1.29, 1.82) is 0 Å². The Labute approximate surface area is 106 Å². The number of carbonyl (C=O) groups excluding carboxylic acids is 1.